The summed E-state index contributed by atoms with van der Waals surface area (Å²) in [4.78, 5) is 0. The Hall–Kier alpha value is -0.870. The lowest BCUT2D eigenvalue weighted by Crippen LogP contribution is -2.28. The first-order valence-corrected chi connectivity index (χ1v) is 6.61. The summed E-state index contributed by atoms with van der Waals surface area (Å²) in [5.41, 5.74) is 1.03. The van der Waals surface area contributed by atoms with Crippen molar-refractivity contribution in [2.75, 3.05) is 6.54 Å². The van der Waals surface area contributed by atoms with Crippen molar-refractivity contribution >= 4 is 0 Å². The molecule has 0 spiro atoms. The van der Waals surface area contributed by atoms with Gasteiger partial charge in [0, 0.05) is 26.3 Å². The summed E-state index contributed by atoms with van der Waals surface area (Å²) in [6.45, 7) is 1.41. The Kier molecular flexibility index (Phi) is 4.57. The second kappa shape index (κ2) is 6.17. The summed E-state index contributed by atoms with van der Waals surface area (Å²) < 4.78 is 1.80. The third-order valence-electron chi connectivity index (χ3n) is 3.54. The fourth-order valence-corrected chi connectivity index (χ4v) is 2.64. The highest BCUT2D eigenvalue weighted by Gasteiger charge is 2.18. The van der Waals surface area contributed by atoms with E-state index in [1.807, 2.05) is 19.3 Å². The van der Waals surface area contributed by atoms with Gasteiger partial charge >= 0.3 is 0 Å². The van der Waals surface area contributed by atoms with Gasteiger partial charge in [-0.3, -0.25) is 4.68 Å². The first-order chi connectivity index (χ1) is 8.24. The number of aliphatic hydroxyl groups excluding tert-OH is 1. The predicted octanol–water partition coefficient (Wildman–Crippen LogP) is 1.45. The van der Waals surface area contributed by atoms with E-state index in [1.165, 1.54) is 25.7 Å². The normalized spacial score (nSPS) is 18.7. The van der Waals surface area contributed by atoms with Crippen molar-refractivity contribution in [3.63, 3.8) is 0 Å². The van der Waals surface area contributed by atoms with Crippen LogP contribution in [0.2, 0.25) is 0 Å². The summed E-state index contributed by atoms with van der Waals surface area (Å²) in [6.07, 6.45) is 7.98. The van der Waals surface area contributed by atoms with Crippen LogP contribution in [0.15, 0.2) is 12.3 Å². The van der Waals surface area contributed by atoms with Crippen molar-refractivity contribution in [1.29, 1.82) is 0 Å². The topological polar surface area (TPSA) is 50.1 Å². The Bertz CT molecular complexity index is 331. The van der Waals surface area contributed by atoms with Gasteiger partial charge in [-0.25, -0.2) is 0 Å². The fraction of sp³-hybridized carbons (Fsp3) is 0.769. The highest BCUT2D eigenvalue weighted by molar-refractivity contribution is 4.97. The molecule has 1 unspecified atom stereocenters. The second-order valence-corrected chi connectivity index (χ2v) is 5.15. The molecular formula is C13H23N3O. The molecule has 1 aromatic rings. The number of aryl methyl sites for hydroxylation is 1. The van der Waals surface area contributed by atoms with Crippen molar-refractivity contribution in [1.82, 2.24) is 15.1 Å². The third kappa shape index (κ3) is 4.13. The van der Waals surface area contributed by atoms with Crippen LogP contribution in [0, 0.1) is 5.92 Å². The van der Waals surface area contributed by atoms with E-state index < -0.39 is 0 Å². The number of aromatic nitrogens is 2. The minimum Gasteiger partial charge on any atom is -0.392 e. The van der Waals surface area contributed by atoms with Crippen molar-refractivity contribution in [2.45, 2.75) is 44.8 Å². The van der Waals surface area contributed by atoms with E-state index >= 15 is 0 Å². The average Bonchev–Trinajstić information content (AvgIpc) is 2.90. The number of hydrogen-bond acceptors (Lipinski definition) is 3. The molecule has 4 nitrogen and oxygen atoms in total. The molecular weight excluding hydrogens is 214 g/mol. The smallest absolute Gasteiger partial charge is 0.0762 e. The Balaban J connectivity index is 1.60. The van der Waals surface area contributed by atoms with Crippen LogP contribution in [0.1, 0.15) is 37.8 Å². The lowest BCUT2D eigenvalue weighted by molar-refractivity contribution is 0.140. The number of rotatable bonds is 6. The van der Waals surface area contributed by atoms with Gasteiger partial charge in [0.25, 0.3) is 0 Å². The SMILES string of the molecule is Cn1ccc(CNCC(O)CC2CCCC2)n1. The van der Waals surface area contributed by atoms with Crippen LogP contribution in [0.4, 0.5) is 0 Å². The monoisotopic (exact) mass is 237 g/mol. The Morgan fingerprint density at radius 1 is 1.53 bits per heavy atom. The van der Waals surface area contributed by atoms with E-state index in [4.69, 9.17) is 0 Å². The highest BCUT2D eigenvalue weighted by Crippen LogP contribution is 2.28. The second-order valence-electron chi connectivity index (χ2n) is 5.15. The van der Waals surface area contributed by atoms with Crippen LogP contribution in [-0.4, -0.2) is 27.5 Å². The van der Waals surface area contributed by atoms with E-state index in [9.17, 15) is 5.11 Å². The van der Waals surface area contributed by atoms with Crippen LogP contribution in [0.3, 0.4) is 0 Å². The molecule has 1 aliphatic rings. The lowest BCUT2D eigenvalue weighted by Gasteiger charge is -2.15. The van der Waals surface area contributed by atoms with Crippen LogP contribution in [0.5, 0.6) is 0 Å². The fourth-order valence-electron chi connectivity index (χ4n) is 2.64. The van der Waals surface area contributed by atoms with Gasteiger partial charge < -0.3 is 10.4 Å². The summed E-state index contributed by atoms with van der Waals surface area (Å²) in [7, 11) is 1.92. The van der Waals surface area contributed by atoms with Gasteiger partial charge in [0.2, 0.25) is 0 Å². The molecule has 0 amide bonds. The molecule has 1 saturated carbocycles. The molecule has 17 heavy (non-hydrogen) atoms. The molecule has 0 radical (unpaired) electrons. The van der Waals surface area contributed by atoms with Crippen molar-refractivity contribution < 1.29 is 5.11 Å². The zero-order chi connectivity index (χ0) is 12.1. The van der Waals surface area contributed by atoms with Crippen molar-refractivity contribution in [3.05, 3.63) is 18.0 Å². The van der Waals surface area contributed by atoms with Crippen molar-refractivity contribution in [2.24, 2.45) is 13.0 Å². The van der Waals surface area contributed by atoms with Crippen LogP contribution in [0.25, 0.3) is 0 Å². The van der Waals surface area contributed by atoms with Crippen LogP contribution < -0.4 is 5.32 Å². The number of nitrogens with one attached hydrogen (secondary N) is 1. The Morgan fingerprint density at radius 3 is 2.94 bits per heavy atom. The summed E-state index contributed by atoms with van der Waals surface area (Å²) >= 11 is 0. The van der Waals surface area contributed by atoms with Gasteiger partial charge in [-0.05, 0) is 18.4 Å². The van der Waals surface area contributed by atoms with Gasteiger partial charge in [0.05, 0.1) is 11.8 Å². The van der Waals surface area contributed by atoms with Gasteiger partial charge in [0.15, 0.2) is 0 Å². The van der Waals surface area contributed by atoms with Gasteiger partial charge in [-0.2, -0.15) is 5.10 Å². The molecule has 4 heteroatoms. The first-order valence-electron chi connectivity index (χ1n) is 6.61. The highest BCUT2D eigenvalue weighted by atomic mass is 16.3. The van der Waals surface area contributed by atoms with E-state index in [0.29, 0.717) is 6.54 Å². The van der Waals surface area contributed by atoms with E-state index in [1.54, 1.807) is 4.68 Å². The van der Waals surface area contributed by atoms with Crippen LogP contribution in [-0.2, 0) is 13.6 Å². The standard InChI is InChI=1S/C13H23N3O/c1-16-7-6-12(15-16)9-14-10-13(17)8-11-4-2-3-5-11/h6-7,11,13-14,17H,2-5,8-10H2,1H3. The largest absolute Gasteiger partial charge is 0.392 e. The number of aliphatic hydroxyl groups is 1. The third-order valence-corrected chi connectivity index (χ3v) is 3.54. The molecule has 1 fully saturated rings. The number of hydrogen-bond donors (Lipinski definition) is 2. The van der Waals surface area contributed by atoms with E-state index in [2.05, 4.69) is 10.4 Å². The van der Waals surface area contributed by atoms with Gasteiger partial charge in [0.1, 0.15) is 0 Å². The van der Waals surface area contributed by atoms with Gasteiger partial charge in [-0.15, -0.1) is 0 Å². The molecule has 2 N–H and O–H groups in total. The summed E-state index contributed by atoms with van der Waals surface area (Å²) in [5, 5.41) is 17.5. The Labute approximate surface area is 103 Å². The van der Waals surface area contributed by atoms with Crippen molar-refractivity contribution in [3.8, 4) is 0 Å². The van der Waals surface area contributed by atoms with E-state index in [0.717, 1.165) is 24.6 Å². The molecule has 0 aromatic carbocycles. The predicted molar refractivity (Wildman–Crippen MR) is 67.5 cm³/mol. The summed E-state index contributed by atoms with van der Waals surface area (Å²) in [6, 6.07) is 2.00. The lowest BCUT2D eigenvalue weighted by atomic mass is 10.0. The average molecular weight is 237 g/mol. The molecule has 1 atom stereocenters. The minimum atomic E-state index is -0.207. The molecule has 1 aromatic heterocycles. The molecule has 2 rings (SSSR count). The maximum atomic E-state index is 9.90. The molecule has 0 bridgehead atoms. The molecule has 96 valence electrons. The quantitative estimate of drug-likeness (QED) is 0.787. The van der Waals surface area contributed by atoms with E-state index in [-0.39, 0.29) is 6.10 Å². The minimum absolute atomic E-state index is 0.207. The zero-order valence-corrected chi connectivity index (χ0v) is 10.6. The number of nitrogens with zero attached hydrogens (tertiary/aromatic N) is 2. The van der Waals surface area contributed by atoms with Crippen LogP contribution >= 0.6 is 0 Å². The molecule has 1 aliphatic carbocycles. The molecule has 0 saturated heterocycles. The Morgan fingerprint density at radius 2 is 2.29 bits per heavy atom. The zero-order valence-electron chi connectivity index (χ0n) is 10.6. The maximum Gasteiger partial charge on any atom is 0.0762 e. The first kappa shape index (κ1) is 12.6. The van der Waals surface area contributed by atoms with Gasteiger partial charge in [-0.1, -0.05) is 25.7 Å². The molecule has 1 heterocycles. The molecule has 0 aliphatic heterocycles. The maximum absolute atomic E-state index is 9.90. The summed E-state index contributed by atoms with van der Waals surface area (Å²) in [5.74, 6) is 0.752.